The monoisotopic (exact) mass is 264 g/mol. The second-order valence-corrected chi connectivity index (χ2v) is 5.99. The van der Waals surface area contributed by atoms with Gasteiger partial charge in [0, 0.05) is 32.7 Å². The van der Waals surface area contributed by atoms with Crippen LogP contribution in [0.4, 0.5) is 0 Å². The Morgan fingerprint density at radius 2 is 2.00 bits per heavy atom. The molecule has 0 aliphatic carbocycles. The molecule has 0 bridgehead atoms. The van der Waals surface area contributed by atoms with E-state index in [4.69, 9.17) is 26.7 Å². The minimum atomic E-state index is -3.85. The first-order chi connectivity index (χ1) is 6.89. The zero-order valence-electron chi connectivity index (χ0n) is 7.62. The minimum absolute atomic E-state index is 0.221. The number of hydrogen-bond acceptors (Lipinski definition) is 3. The van der Waals surface area contributed by atoms with Crippen LogP contribution >= 0.6 is 22.3 Å². The van der Waals surface area contributed by atoms with E-state index < -0.39 is 9.05 Å². The molecule has 0 radical (unpaired) electrons. The van der Waals surface area contributed by atoms with E-state index in [0.717, 1.165) is 0 Å². The van der Waals surface area contributed by atoms with Crippen LogP contribution in [0.3, 0.4) is 0 Å². The molecule has 0 atom stereocenters. The maximum Gasteiger partial charge on any atom is 0.294 e. The number of benzene rings is 1. The Morgan fingerprint density at radius 3 is 2.60 bits per heavy atom. The van der Waals surface area contributed by atoms with Gasteiger partial charge in [0.2, 0.25) is 5.09 Å². The highest BCUT2D eigenvalue weighted by molar-refractivity contribution is 8.13. The summed E-state index contributed by atoms with van der Waals surface area (Å²) < 4.78 is 27.4. The van der Waals surface area contributed by atoms with E-state index in [9.17, 15) is 8.42 Å². The van der Waals surface area contributed by atoms with E-state index in [2.05, 4.69) is 0 Å². The quantitative estimate of drug-likeness (QED) is 0.743. The molecular formula is C9H6Cl2O3S. The van der Waals surface area contributed by atoms with Gasteiger partial charge in [0.15, 0.2) is 0 Å². The fraction of sp³-hybridized carbons (Fsp3) is 0.111. The summed E-state index contributed by atoms with van der Waals surface area (Å²) in [5, 5.41) is 0.954. The van der Waals surface area contributed by atoms with Gasteiger partial charge < -0.3 is 4.42 Å². The zero-order valence-corrected chi connectivity index (χ0v) is 9.95. The van der Waals surface area contributed by atoms with Gasteiger partial charge in [-0.15, -0.1) is 0 Å². The smallest absolute Gasteiger partial charge is 0.294 e. The molecule has 1 aromatic heterocycles. The summed E-state index contributed by atoms with van der Waals surface area (Å²) in [4.78, 5) is 0. The van der Waals surface area contributed by atoms with Crippen molar-refractivity contribution in [3.05, 3.63) is 28.8 Å². The van der Waals surface area contributed by atoms with Gasteiger partial charge in [0.25, 0.3) is 9.05 Å². The summed E-state index contributed by atoms with van der Waals surface area (Å²) in [5.41, 5.74) is 0.913. The molecule has 2 aromatic rings. The van der Waals surface area contributed by atoms with E-state index in [1.807, 2.05) is 0 Å². The Morgan fingerprint density at radius 1 is 1.33 bits per heavy atom. The predicted octanol–water partition coefficient (Wildman–Crippen LogP) is 3.32. The van der Waals surface area contributed by atoms with Crippen LogP contribution in [0.15, 0.2) is 27.7 Å². The van der Waals surface area contributed by atoms with Crippen molar-refractivity contribution >= 4 is 42.3 Å². The molecule has 6 heteroatoms. The average molecular weight is 265 g/mol. The topological polar surface area (TPSA) is 47.3 Å². The lowest BCUT2D eigenvalue weighted by atomic mass is 10.2. The minimum Gasteiger partial charge on any atom is -0.443 e. The molecule has 1 heterocycles. The molecule has 15 heavy (non-hydrogen) atoms. The fourth-order valence-corrected chi connectivity index (χ4v) is 2.68. The molecule has 0 N–H and O–H groups in total. The molecule has 1 aromatic carbocycles. The fourth-order valence-electron chi connectivity index (χ4n) is 1.41. The second kappa shape index (κ2) is 3.40. The standard InChI is InChI=1S/C9H6Cl2O3S/c1-5-7-3-2-6(10)4-8(7)14-9(5)15(11,12)13/h2-4H,1H3. The summed E-state index contributed by atoms with van der Waals surface area (Å²) in [6.07, 6.45) is 0. The number of aryl methyl sites for hydroxylation is 1. The van der Waals surface area contributed by atoms with E-state index in [1.54, 1.807) is 25.1 Å². The second-order valence-electron chi connectivity index (χ2n) is 3.09. The van der Waals surface area contributed by atoms with E-state index in [-0.39, 0.29) is 5.09 Å². The van der Waals surface area contributed by atoms with Gasteiger partial charge in [0.05, 0.1) is 0 Å². The van der Waals surface area contributed by atoms with Crippen LogP contribution in [-0.2, 0) is 9.05 Å². The third-order valence-corrected chi connectivity index (χ3v) is 3.57. The lowest BCUT2D eigenvalue weighted by molar-refractivity contribution is 0.484. The zero-order chi connectivity index (χ0) is 11.2. The molecule has 0 saturated carbocycles. The maximum absolute atomic E-state index is 11.1. The molecule has 80 valence electrons. The molecule has 0 aliphatic rings. The molecule has 0 unspecified atom stereocenters. The van der Waals surface area contributed by atoms with Gasteiger partial charge in [-0.3, -0.25) is 0 Å². The SMILES string of the molecule is Cc1c(S(=O)(=O)Cl)oc2cc(Cl)ccc12. The normalized spacial score (nSPS) is 12.2. The third kappa shape index (κ3) is 1.85. The molecule has 0 aliphatic heterocycles. The van der Waals surface area contributed by atoms with Crippen LogP contribution in [0.5, 0.6) is 0 Å². The first-order valence-corrected chi connectivity index (χ1v) is 6.71. The molecule has 3 nitrogen and oxygen atoms in total. The highest BCUT2D eigenvalue weighted by Crippen LogP contribution is 2.31. The third-order valence-electron chi connectivity index (χ3n) is 2.08. The molecule has 0 saturated heterocycles. The van der Waals surface area contributed by atoms with E-state index >= 15 is 0 Å². The summed E-state index contributed by atoms with van der Waals surface area (Å²) >= 11 is 5.75. The van der Waals surface area contributed by atoms with Gasteiger partial charge in [-0.2, -0.15) is 0 Å². The van der Waals surface area contributed by atoms with Crippen molar-refractivity contribution in [2.45, 2.75) is 12.0 Å². The van der Waals surface area contributed by atoms with Crippen LogP contribution in [0.1, 0.15) is 5.56 Å². The highest BCUT2D eigenvalue weighted by atomic mass is 35.7. The summed E-state index contributed by atoms with van der Waals surface area (Å²) in [7, 11) is 1.37. The van der Waals surface area contributed by atoms with Crippen LogP contribution in [0.2, 0.25) is 5.02 Å². The van der Waals surface area contributed by atoms with Gasteiger partial charge in [-0.25, -0.2) is 8.42 Å². The van der Waals surface area contributed by atoms with Crippen molar-refractivity contribution in [2.75, 3.05) is 0 Å². The van der Waals surface area contributed by atoms with Crippen LogP contribution < -0.4 is 0 Å². The summed E-state index contributed by atoms with van der Waals surface area (Å²) in [6.45, 7) is 1.63. The van der Waals surface area contributed by atoms with Crippen LogP contribution in [-0.4, -0.2) is 8.42 Å². The Kier molecular flexibility index (Phi) is 2.45. The Bertz CT molecular complexity index is 628. The predicted molar refractivity (Wildman–Crippen MR) is 59.0 cm³/mol. The number of furan rings is 1. The largest absolute Gasteiger partial charge is 0.443 e. The van der Waals surface area contributed by atoms with Crippen molar-refractivity contribution in [1.29, 1.82) is 0 Å². The van der Waals surface area contributed by atoms with Crippen molar-refractivity contribution in [1.82, 2.24) is 0 Å². The van der Waals surface area contributed by atoms with Crippen molar-refractivity contribution < 1.29 is 12.8 Å². The van der Waals surface area contributed by atoms with Crippen LogP contribution in [0, 0.1) is 6.92 Å². The van der Waals surface area contributed by atoms with Crippen molar-refractivity contribution in [3.63, 3.8) is 0 Å². The van der Waals surface area contributed by atoms with Gasteiger partial charge >= 0.3 is 0 Å². The Hall–Kier alpha value is -0.710. The number of hydrogen-bond donors (Lipinski definition) is 0. The first kappa shape index (κ1) is 10.8. The molecule has 0 fully saturated rings. The van der Waals surface area contributed by atoms with E-state index in [0.29, 0.717) is 21.6 Å². The number of halogens is 2. The molecule has 0 amide bonds. The summed E-state index contributed by atoms with van der Waals surface area (Å²) in [5.74, 6) is 0. The van der Waals surface area contributed by atoms with Gasteiger partial charge in [-0.05, 0) is 19.1 Å². The highest BCUT2D eigenvalue weighted by Gasteiger charge is 2.21. The first-order valence-electron chi connectivity index (χ1n) is 4.03. The lowest BCUT2D eigenvalue weighted by Crippen LogP contribution is -1.89. The maximum atomic E-state index is 11.1. The Labute approximate surface area is 96.0 Å². The van der Waals surface area contributed by atoms with Crippen molar-refractivity contribution in [3.8, 4) is 0 Å². The Balaban J connectivity index is 2.87. The average Bonchev–Trinajstić information content (AvgIpc) is 2.42. The van der Waals surface area contributed by atoms with Gasteiger partial charge in [-0.1, -0.05) is 11.6 Å². The number of fused-ring (bicyclic) bond motifs is 1. The summed E-state index contributed by atoms with van der Waals surface area (Å²) in [6, 6.07) is 4.91. The molecule has 2 rings (SSSR count). The van der Waals surface area contributed by atoms with Crippen LogP contribution in [0.25, 0.3) is 11.0 Å². The van der Waals surface area contributed by atoms with Gasteiger partial charge in [0.1, 0.15) is 5.58 Å². The van der Waals surface area contributed by atoms with Crippen molar-refractivity contribution in [2.24, 2.45) is 0 Å². The molecular weight excluding hydrogens is 259 g/mol. The lowest BCUT2D eigenvalue weighted by Gasteiger charge is -1.90. The number of rotatable bonds is 1. The van der Waals surface area contributed by atoms with E-state index in [1.165, 1.54) is 0 Å². The molecule has 0 spiro atoms.